The number of hydrogen-bond acceptors (Lipinski definition) is 4. The van der Waals surface area contributed by atoms with Gasteiger partial charge < -0.3 is 0 Å². The lowest BCUT2D eigenvalue weighted by molar-refractivity contribution is -0.670. The van der Waals surface area contributed by atoms with E-state index in [0.29, 0.717) is 16.9 Å². The lowest BCUT2D eigenvalue weighted by Gasteiger charge is -2.10. The van der Waals surface area contributed by atoms with Crippen molar-refractivity contribution < 1.29 is 13.0 Å². The molecule has 2 heterocycles. The number of hydrogen-bond donors (Lipinski definition) is 1. The van der Waals surface area contributed by atoms with Crippen LogP contribution in [0.15, 0.2) is 72.1 Å². The molecule has 0 aliphatic heterocycles. The molecule has 0 aliphatic carbocycles. The average Bonchev–Trinajstić information content (AvgIpc) is 3.07. The number of imidazole rings is 1. The van der Waals surface area contributed by atoms with Gasteiger partial charge in [-0.2, -0.15) is 4.57 Å². The summed E-state index contributed by atoms with van der Waals surface area (Å²) in [5.41, 5.74) is 2.28. The van der Waals surface area contributed by atoms with Crippen LogP contribution < -0.4 is 9.29 Å². The van der Waals surface area contributed by atoms with Gasteiger partial charge in [-0.1, -0.05) is 29.8 Å². The summed E-state index contributed by atoms with van der Waals surface area (Å²) in [5, 5.41) is 0. The second-order valence-electron chi connectivity index (χ2n) is 6.29. The molecule has 7 nitrogen and oxygen atoms in total. The fraction of sp³-hybridized carbons (Fsp3) is 0.105. The van der Waals surface area contributed by atoms with Crippen LogP contribution in [0.2, 0.25) is 0 Å². The van der Waals surface area contributed by atoms with Crippen LogP contribution in [0.5, 0.6) is 0 Å². The summed E-state index contributed by atoms with van der Waals surface area (Å²) in [6, 6.07) is 14.0. The Hall–Kier alpha value is -3.26. The van der Waals surface area contributed by atoms with Crippen LogP contribution in [0.1, 0.15) is 5.56 Å². The lowest BCUT2D eigenvalue weighted by atomic mass is 10.2. The molecule has 0 saturated heterocycles. The maximum absolute atomic E-state index is 12.8. The molecule has 27 heavy (non-hydrogen) atoms. The van der Waals surface area contributed by atoms with E-state index in [0.717, 1.165) is 5.56 Å². The zero-order chi connectivity index (χ0) is 19.0. The minimum Gasteiger partial charge on any atom is -0.258 e. The van der Waals surface area contributed by atoms with E-state index >= 15 is 0 Å². The third-order valence-electron chi connectivity index (χ3n) is 4.13. The lowest BCUT2D eigenvalue weighted by Crippen LogP contribution is -2.24. The van der Waals surface area contributed by atoms with Crippen molar-refractivity contribution in [1.29, 1.82) is 0 Å². The molecule has 1 N–H and O–H groups in total. The number of aryl methyl sites for hydroxylation is 2. The van der Waals surface area contributed by atoms with Gasteiger partial charge in [0, 0.05) is 0 Å². The van der Waals surface area contributed by atoms with Crippen molar-refractivity contribution in [2.45, 2.75) is 11.8 Å². The summed E-state index contributed by atoms with van der Waals surface area (Å²) < 4.78 is 31.9. The van der Waals surface area contributed by atoms with Crippen LogP contribution in [-0.4, -0.2) is 23.0 Å². The number of rotatable bonds is 4. The zero-order valence-electron chi connectivity index (χ0n) is 14.9. The van der Waals surface area contributed by atoms with Crippen molar-refractivity contribution in [2.75, 3.05) is 4.72 Å². The molecular formula is C19H18N5O2S+. The van der Waals surface area contributed by atoms with E-state index in [2.05, 4.69) is 14.7 Å². The van der Waals surface area contributed by atoms with Gasteiger partial charge in [-0.15, -0.1) is 0 Å². The standard InChI is InChI=1S/C19H18N5O2S/c1-14-7-9-15(10-8-14)27(25,26)22-18-19(24-12-11-23(2)13-24)21-17-6-4-3-5-16(17)20-18/h3-13H,1-2H3,(H,20,22)/q+1. The molecule has 0 radical (unpaired) electrons. The molecule has 0 unspecified atom stereocenters. The third kappa shape index (κ3) is 3.39. The Labute approximate surface area is 157 Å². The highest BCUT2D eigenvalue weighted by molar-refractivity contribution is 7.92. The Balaban J connectivity index is 1.85. The van der Waals surface area contributed by atoms with Crippen molar-refractivity contribution in [3.8, 4) is 5.82 Å². The monoisotopic (exact) mass is 380 g/mol. The van der Waals surface area contributed by atoms with Crippen molar-refractivity contribution >= 4 is 26.9 Å². The number of nitrogens with one attached hydrogen (secondary N) is 1. The summed E-state index contributed by atoms with van der Waals surface area (Å²) in [6.45, 7) is 1.91. The van der Waals surface area contributed by atoms with Crippen LogP contribution in [0.3, 0.4) is 0 Å². The van der Waals surface area contributed by atoms with E-state index < -0.39 is 10.0 Å². The Morgan fingerprint density at radius 3 is 2.30 bits per heavy atom. The molecule has 0 spiro atoms. The Bertz CT molecular complexity index is 1230. The number of anilines is 1. The zero-order valence-corrected chi connectivity index (χ0v) is 15.7. The minimum atomic E-state index is -3.80. The second-order valence-corrected chi connectivity index (χ2v) is 7.97. The number of benzene rings is 2. The molecule has 0 atom stereocenters. The van der Waals surface area contributed by atoms with Gasteiger partial charge >= 0.3 is 0 Å². The Kier molecular flexibility index (Phi) is 4.12. The van der Waals surface area contributed by atoms with Crippen LogP contribution in [0.4, 0.5) is 5.82 Å². The highest BCUT2D eigenvalue weighted by Gasteiger charge is 2.22. The molecule has 4 aromatic rings. The van der Waals surface area contributed by atoms with Crippen LogP contribution in [0, 0.1) is 6.92 Å². The molecule has 4 rings (SSSR count). The summed E-state index contributed by atoms with van der Waals surface area (Å²) in [4.78, 5) is 9.29. The highest BCUT2D eigenvalue weighted by atomic mass is 32.2. The second kappa shape index (κ2) is 6.48. The first-order chi connectivity index (χ1) is 12.9. The molecule has 2 aromatic heterocycles. The maximum Gasteiger partial charge on any atom is 0.270 e. The fourth-order valence-corrected chi connectivity index (χ4v) is 3.72. The number of fused-ring (bicyclic) bond motifs is 1. The van der Waals surface area contributed by atoms with Gasteiger partial charge in [-0.25, -0.2) is 23.0 Å². The predicted molar refractivity (Wildman–Crippen MR) is 102 cm³/mol. The summed E-state index contributed by atoms with van der Waals surface area (Å²) in [6.07, 6.45) is 5.43. The Morgan fingerprint density at radius 1 is 1.00 bits per heavy atom. The highest BCUT2D eigenvalue weighted by Crippen LogP contribution is 2.23. The van der Waals surface area contributed by atoms with Crippen molar-refractivity contribution in [2.24, 2.45) is 7.05 Å². The molecular weight excluding hydrogens is 362 g/mol. The topological polar surface area (TPSA) is 80.8 Å². The normalized spacial score (nSPS) is 11.6. The van der Waals surface area contributed by atoms with Gasteiger partial charge in [0.1, 0.15) is 12.4 Å². The molecule has 0 aliphatic rings. The summed E-state index contributed by atoms with van der Waals surface area (Å²) in [7, 11) is -1.92. The molecule has 8 heteroatoms. The van der Waals surface area contributed by atoms with Crippen LogP contribution in [0.25, 0.3) is 16.9 Å². The first-order valence-corrected chi connectivity index (χ1v) is 9.80. The molecule has 0 bridgehead atoms. The van der Waals surface area contributed by atoms with Gasteiger partial charge in [-0.3, -0.25) is 4.72 Å². The number of aromatic nitrogens is 4. The summed E-state index contributed by atoms with van der Waals surface area (Å²) in [5.74, 6) is 0.579. The molecule has 0 amide bonds. The number of para-hydroxylation sites is 2. The Morgan fingerprint density at radius 2 is 1.67 bits per heavy atom. The maximum atomic E-state index is 12.8. The summed E-state index contributed by atoms with van der Waals surface area (Å²) >= 11 is 0. The van der Waals surface area contributed by atoms with E-state index in [-0.39, 0.29) is 10.7 Å². The van der Waals surface area contributed by atoms with Gasteiger partial charge in [0.05, 0.1) is 23.0 Å². The minimum absolute atomic E-state index is 0.172. The first-order valence-electron chi connectivity index (χ1n) is 8.32. The van der Waals surface area contributed by atoms with Crippen LogP contribution in [-0.2, 0) is 17.1 Å². The van der Waals surface area contributed by atoms with E-state index in [9.17, 15) is 8.42 Å². The predicted octanol–water partition coefficient (Wildman–Crippen LogP) is 2.35. The van der Waals surface area contributed by atoms with Gasteiger partial charge in [0.2, 0.25) is 12.1 Å². The van der Waals surface area contributed by atoms with E-state index in [1.165, 1.54) is 0 Å². The number of nitrogens with zero attached hydrogens (tertiary/aromatic N) is 4. The van der Waals surface area contributed by atoms with Crippen molar-refractivity contribution in [3.63, 3.8) is 0 Å². The van der Waals surface area contributed by atoms with E-state index in [1.807, 2.05) is 42.9 Å². The smallest absolute Gasteiger partial charge is 0.258 e. The number of sulfonamides is 1. The molecule has 0 saturated carbocycles. The average molecular weight is 380 g/mol. The fourth-order valence-electron chi connectivity index (χ4n) is 2.72. The first kappa shape index (κ1) is 17.2. The van der Waals surface area contributed by atoms with Crippen molar-refractivity contribution in [1.82, 2.24) is 14.5 Å². The third-order valence-corrected chi connectivity index (χ3v) is 5.48. The molecule has 2 aromatic carbocycles. The largest absolute Gasteiger partial charge is 0.270 e. The quantitative estimate of drug-likeness (QED) is 0.551. The SMILES string of the molecule is Cc1ccc(S(=O)(=O)Nc2nc3ccccc3nc2-n2cc[n+](C)c2)cc1. The van der Waals surface area contributed by atoms with Crippen LogP contribution >= 0.6 is 0 Å². The van der Waals surface area contributed by atoms with Crippen molar-refractivity contribution in [3.05, 3.63) is 72.8 Å². The van der Waals surface area contributed by atoms with Gasteiger partial charge in [-0.05, 0) is 31.2 Å². The molecule has 136 valence electrons. The van der Waals surface area contributed by atoms with Gasteiger partial charge in [0.25, 0.3) is 15.8 Å². The van der Waals surface area contributed by atoms with Gasteiger partial charge in [0.15, 0.2) is 0 Å². The van der Waals surface area contributed by atoms with E-state index in [4.69, 9.17) is 0 Å². The molecule has 0 fully saturated rings. The van der Waals surface area contributed by atoms with E-state index in [1.54, 1.807) is 47.4 Å².